The fourth-order valence-corrected chi connectivity index (χ4v) is 4.95. The maximum atomic E-state index is 13.1. The number of aromatic nitrogens is 1. The number of benzene rings is 2. The minimum absolute atomic E-state index is 0.208. The summed E-state index contributed by atoms with van der Waals surface area (Å²) < 4.78 is 20.3. The third-order valence-electron chi connectivity index (χ3n) is 6.15. The monoisotopic (exact) mass is 549 g/mol. The number of rotatable bonds is 9. The van der Waals surface area contributed by atoms with Crippen LogP contribution in [0.4, 0.5) is 14.9 Å². The van der Waals surface area contributed by atoms with Crippen molar-refractivity contribution in [2.75, 3.05) is 18.5 Å². The highest BCUT2D eigenvalue weighted by molar-refractivity contribution is 8.18. The van der Waals surface area contributed by atoms with Gasteiger partial charge in [0.05, 0.1) is 17.1 Å². The summed E-state index contributed by atoms with van der Waals surface area (Å²) in [6.07, 6.45) is 3.40. The minimum Gasteiger partial charge on any atom is -0.462 e. The number of amides is 3. The van der Waals surface area contributed by atoms with Crippen molar-refractivity contribution in [1.29, 1.82) is 0 Å². The molecule has 0 atom stereocenters. The molecule has 0 saturated carbocycles. The highest BCUT2D eigenvalue weighted by atomic mass is 32.2. The second kappa shape index (κ2) is 12.1. The number of unbranched alkanes of at least 4 members (excludes halogenated alkanes) is 1. The average molecular weight is 550 g/mol. The fourth-order valence-electron chi connectivity index (χ4n) is 4.13. The first-order valence-corrected chi connectivity index (χ1v) is 13.3. The van der Waals surface area contributed by atoms with Crippen LogP contribution in [0.2, 0.25) is 0 Å². The number of nitrogens with zero attached hydrogens (tertiary/aromatic N) is 2. The Hall–Kier alpha value is -4.18. The lowest BCUT2D eigenvalue weighted by Gasteiger charge is -2.12. The van der Waals surface area contributed by atoms with Crippen molar-refractivity contribution in [2.24, 2.45) is 0 Å². The molecule has 1 N–H and O–H groups in total. The highest BCUT2D eigenvalue weighted by Crippen LogP contribution is 2.33. The molecule has 8 nitrogen and oxygen atoms in total. The number of imide groups is 1. The molecule has 0 bridgehead atoms. The Morgan fingerprint density at radius 2 is 1.74 bits per heavy atom. The minimum atomic E-state index is -0.568. The van der Waals surface area contributed by atoms with Gasteiger partial charge in [-0.3, -0.25) is 19.3 Å². The molecule has 39 heavy (non-hydrogen) atoms. The van der Waals surface area contributed by atoms with Gasteiger partial charge in [0, 0.05) is 22.8 Å². The standard InChI is InChI=1S/C29H28FN3O5S/c1-4-5-14-38-28(36)20-6-12-24(13-7-20)33-18(2)15-21(19(33)3)16-25-27(35)32(29(37)39-25)17-26(34)31-23-10-8-22(30)9-11-23/h6-13,15-16H,4-5,14,17H2,1-3H3,(H,31,34)/b25-16-. The first-order chi connectivity index (χ1) is 18.7. The molecule has 1 aliphatic heterocycles. The van der Waals surface area contributed by atoms with E-state index in [1.165, 1.54) is 24.3 Å². The van der Waals surface area contributed by atoms with Crippen molar-refractivity contribution in [3.05, 3.63) is 87.8 Å². The van der Waals surface area contributed by atoms with Crippen LogP contribution >= 0.6 is 11.8 Å². The number of aryl methyl sites for hydroxylation is 1. The summed E-state index contributed by atoms with van der Waals surface area (Å²) in [7, 11) is 0. The zero-order valence-corrected chi connectivity index (χ0v) is 22.6. The summed E-state index contributed by atoms with van der Waals surface area (Å²) in [6, 6.07) is 14.2. The van der Waals surface area contributed by atoms with Gasteiger partial charge in [0.2, 0.25) is 5.91 Å². The smallest absolute Gasteiger partial charge is 0.338 e. The Morgan fingerprint density at radius 3 is 2.41 bits per heavy atom. The van der Waals surface area contributed by atoms with E-state index in [2.05, 4.69) is 5.32 Å². The molecule has 0 spiro atoms. The van der Waals surface area contributed by atoms with E-state index in [-0.39, 0.29) is 10.9 Å². The number of esters is 1. The lowest BCUT2D eigenvalue weighted by molar-refractivity contribution is -0.127. The van der Waals surface area contributed by atoms with E-state index < -0.39 is 29.4 Å². The first kappa shape index (κ1) is 27.8. The summed E-state index contributed by atoms with van der Waals surface area (Å²) >= 11 is 0.768. The SMILES string of the molecule is CCCCOC(=O)c1ccc(-n2c(C)cc(/C=C3\SC(=O)N(CC(=O)Nc4ccc(F)cc4)C3=O)c2C)cc1. The van der Waals surface area contributed by atoms with Gasteiger partial charge < -0.3 is 14.6 Å². The maximum Gasteiger partial charge on any atom is 0.338 e. The lowest BCUT2D eigenvalue weighted by atomic mass is 10.2. The predicted molar refractivity (Wildman–Crippen MR) is 148 cm³/mol. The van der Waals surface area contributed by atoms with Crippen molar-refractivity contribution in [3.8, 4) is 5.69 Å². The van der Waals surface area contributed by atoms with Crippen molar-refractivity contribution in [3.63, 3.8) is 0 Å². The van der Waals surface area contributed by atoms with Crippen LogP contribution in [0.5, 0.6) is 0 Å². The quantitative estimate of drug-likeness (QED) is 0.204. The number of carbonyl (C=O) groups is 4. The molecule has 1 aliphatic rings. The van der Waals surface area contributed by atoms with Gasteiger partial charge in [-0.25, -0.2) is 9.18 Å². The number of nitrogens with one attached hydrogen (secondary N) is 1. The van der Waals surface area contributed by atoms with Crippen molar-refractivity contribution < 1.29 is 28.3 Å². The molecule has 10 heteroatoms. The fraction of sp³-hybridized carbons (Fsp3) is 0.241. The van der Waals surface area contributed by atoms with E-state index in [4.69, 9.17) is 4.74 Å². The largest absolute Gasteiger partial charge is 0.462 e. The van der Waals surface area contributed by atoms with Gasteiger partial charge in [0.15, 0.2) is 0 Å². The maximum absolute atomic E-state index is 13.1. The van der Waals surface area contributed by atoms with Gasteiger partial charge in [0.25, 0.3) is 11.1 Å². The molecule has 3 aromatic rings. The Kier molecular flexibility index (Phi) is 8.65. The van der Waals surface area contributed by atoms with Crippen LogP contribution < -0.4 is 5.32 Å². The molecule has 3 amide bonds. The van der Waals surface area contributed by atoms with E-state index in [0.29, 0.717) is 17.9 Å². The second-order valence-electron chi connectivity index (χ2n) is 9.02. The van der Waals surface area contributed by atoms with E-state index >= 15 is 0 Å². The first-order valence-electron chi connectivity index (χ1n) is 12.4. The molecule has 0 unspecified atom stereocenters. The summed E-state index contributed by atoms with van der Waals surface area (Å²) in [4.78, 5) is 51.2. The van der Waals surface area contributed by atoms with E-state index in [9.17, 15) is 23.6 Å². The molecule has 1 saturated heterocycles. The number of thioether (sulfide) groups is 1. The van der Waals surface area contributed by atoms with Gasteiger partial charge >= 0.3 is 5.97 Å². The van der Waals surface area contributed by atoms with E-state index in [1.807, 2.05) is 43.5 Å². The summed E-state index contributed by atoms with van der Waals surface area (Å²) in [5, 5.41) is 2.00. The Balaban J connectivity index is 1.47. The number of carbonyl (C=O) groups excluding carboxylic acids is 4. The molecule has 0 radical (unpaired) electrons. The van der Waals surface area contributed by atoms with Crippen LogP contribution in [-0.2, 0) is 14.3 Å². The molecular formula is C29H28FN3O5S. The van der Waals surface area contributed by atoms with Crippen LogP contribution in [0.25, 0.3) is 11.8 Å². The van der Waals surface area contributed by atoms with Crippen molar-refractivity contribution >= 4 is 46.5 Å². The Morgan fingerprint density at radius 1 is 1.05 bits per heavy atom. The van der Waals surface area contributed by atoms with Crippen molar-refractivity contribution in [1.82, 2.24) is 9.47 Å². The molecule has 1 aromatic heterocycles. The normalized spacial score (nSPS) is 14.3. The number of anilines is 1. The number of hydrogen-bond acceptors (Lipinski definition) is 6. The van der Waals surface area contributed by atoms with Gasteiger partial charge in [-0.1, -0.05) is 13.3 Å². The predicted octanol–water partition coefficient (Wildman–Crippen LogP) is 5.87. The van der Waals surface area contributed by atoms with E-state index in [0.717, 1.165) is 52.1 Å². The summed E-state index contributed by atoms with van der Waals surface area (Å²) in [5.41, 5.74) is 4.14. The molecule has 2 aromatic carbocycles. The molecule has 1 fully saturated rings. The van der Waals surface area contributed by atoms with Crippen LogP contribution in [0.1, 0.15) is 47.1 Å². The third-order valence-corrected chi connectivity index (χ3v) is 7.06. The average Bonchev–Trinajstić information content (AvgIpc) is 3.34. The molecule has 2 heterocycles. The zero-order valence-electron chi connectivity index (χ0n) is 21.8. The Bertz CT molecular complexity index is 1440. The lowest BCUT2D eigenvalue weighted by Crippen LogP contribution is -2.36. The summed E-state index contributed by atoms with van der Waals surface area (Å²) in [5.74, 6) is -1.93. The van der Waals surface area contributed by atoms with Gasteiger partial charge in [-0.15, -0.1) is 0 Å². The van der Waals surface area contributed by atoms with Crippen LogP contribution in [0.3, 0.4) is 0 Å². The number of ether oxygens (including phenoxy) is 1. The molecule has 0 aliphatic carbocycles. The van der Waals surface area contributed by atoms with Crippen LogP contribution in [0.15, 0.2) is 59.5 Å². The van der Waals surface area contributed by atoms with Gasteiger partial charge in [-0.05, 0) is 98.3 Å². The third kappa shape index (κ3) is 6.46. The topological polar surface area (TPSA) is 97.7 Å². The van der Waals surface area contributed by atoms with Crippen molar-refractivity contribution in [2.45, 2.75) is 33.6 Å². The van der Waals surface area contributed by atoms with Gasteiger partial charge in [0.1, 0.15) is 12.4 Å². The number of halogens is 1. The Labute approximate surface area is 229 Å². The van der Waals surface area contributed by atoms with Crippen LogP contribution in [0, 0.1) is 19.7 Å². The van der Waals surface area contributed by atoms with Gasteiger partial charge in [-0.2, -0.15) is 0 Å². The zero-order chi connectivity index (χ0) is 28.1. The second-order valence-corrected chi connectivity index (χ2v) is 10.0. The molecule has 202 valence electrons. The number of hydrogen-bond donors (Lipinski definition) is 1. The van der Waals surface area contributed by atoms with E-state index in [1.54, 1.807) is 18.2 Å². The molecule has 4 rings (SSSR count). The molecular weight excluding hydrogens is 521 g/mol. The van der Waals surface area contributed by atoms with Crippen LogP contribution in [-0.4, -0.2) is 45.6 Å². The summed E-state index contributed by atoms with van der Waals surface area (Å²) in [6.45, 7) is 5.78. The highest BCUT2D eigenvalue weighted by Gasteiger charge is 2.36.